The lowest BCUT2D eigenvalue weighted by molar-refractivity contribution is -0.144. The number of thioether (sulfide) groups is 1. The van der Waals surface area contributed by atoms with Gasteiger partial charge in [-0.1, -0.05) is 0 Å². The summed E-state index contributed by atoms with van der Waals surface area (Å²) < 4.78 is 9.03. The molecule has 0 heterocycles. The molecule has 0 radical (unpaired) electrons. The van der Waals surface area contributed by atoms with Crippen LogP contribution in [0.15, 0.2) is 0 Å². The van der Waals surface area contributed by atoms with Gasteiger partial charge in [0.15, 0.2) is 0 Å². The standard InChI is InChI=1S/C10H17NO5S/c1-7(12)11-8(10(14)16-3)6-17-5-4-9(13)15-2/h8H,4-6H2,1-3H3,(H,11,12)/t8-/m0/s1. The first-order chi connectivity index (χ1) is 8.01. The van der Waals surface area contributed by atoms with Gasteiger partial charge in [-0.15, -0.1) is 0 Å². The number of hydrogen-bond acceptors (Lipinski definition) is 6. The number of carbonyl (C=O) groups is 3. The smallest absolute Gasteiger partial charge is 0.329 e. The monoisotopic (exact) mass is 263 g/mol. The van der Waals surface area contributed by atoms with E-state index in [1.165, 1.54) is 32.9 Å². The van der Waals surface area contributed by atoms with E-state index in [4.69, 9.17) is 0 Å². The van der Waals surface area contributed by atoms with Crippen LogP contribution < -0.4 is 5.32 Å². The first kappa shape index (κ1) is 15.8. The molecule has 98 valence electrons. The van der Waals surface area contributed by atoms with Crippen LogP contribution in [0.4, 0.5) is 0 Å². The molecule has 17 heavy (non-hydrogen) atoms. The van der Waals surface area contributed by atoms with E-state index in [-0.39, 0.29) is 18.3 Å². The topological polar surface area (TPSA) is 81.7 Å². The van der Waals surface area contributed by atoms with E-state index >= 15 is 0 Å². The van der Waals surface area contributed by atoms with Crippen LogP contribution in [0.3, 0.4) is 0 Å². The third kappa shape index (κ3) is 7.62. The van der Waals surface area contributed by atoms with Crippen LogP contribution in [0.2, 0.25) is 0 Å². The van der Waals surface area contributed by atoms with E-state index in [0.717, 1.165) is 0 Å². The van der Waals surface area contributed by atoms with Crippen molar-refractivity contribution in [2.75, 3.05) is 25.7 Å². The number of esters is 2. The van der Waals surface area contributed by atoms with Crippen molar-refractivity contribution in [2.45, 2.75) is 19.4 Å². The van der Waals surface area contributed by atoms with Gasteiger partial charge in [-0.2, -0.15) is 11.8 Å². The fraction of sp³-hybridized carbons (Fsp3) is 0.700. The van der Waals surface area contributed by atoms with Crippen molar-refractivity contribution in [3.05, 3.63) is 0 Å². The van der Waals surface area contributed by atoms with E-state index in [1.54, 1.807) is 0 Å². The molecule has 0 aliphatic carbocycles. The highest BCUT2D eigenvalue weighted by Crippen LogP contribution is 2.06. The maximum absolute atomic E-state index is 11.3. The number of nitrogens with one attached hydrogen (secondary N) is 1. The van der Waals surface area contributed by atoms with Crippen molar-refractivity contribution in [1.82, 2.24) is 5.32 Å². The molecule has 0 bridgehead atoms. The average Bonchev–Trinajstić information content (AvgIpc) is 2.31. The molecule has 0 aromatic heterocycles. The van der Waals surface area contributed by atoms with Gasteiger partial charge >= 0.3 is 11.9 Å². The van der Waals surface area contributed by atoms with E-state index < -0.39 is 12.0 Å². The summed E-state index contributed by atoms with van der Waals surface area (Å²) in [5.74, 6) is -0.199. The Morgan fingerprint density at radius 1 is 1.24 bits per heavy atom. The molecular weight excluding hydrogens is 246 g/mol. The predicted octanol–water partition coefficient (Wildman–Crippen LogP) is -0.0396. The van der Waals surface area contributed by atoms with E-state index in [0.29, 0.717) is 11.5 Å². The summed E-state index contributed by atoms with van der Waals surface area (Å²) in [7, 11) is 2.58. The maximum atomic E-state index is 11.3. The van der Waals surface area contributed by atoms with Crippen LogP contribution in [-0.2, 0) is 23.9 Å². The summed E-state index contributed by atoms with van der Waals surface area (Å²) in [5.41, 5.74) is 0. The number of amides is 1. The molecule has 0 aliphatic rings. The maximum Gasteiger partial charge on any atom is 0.329 e. The normalized spacial score (nSPS) is 11.5. The molecule has 0 aromatic carbocycles. The minimum absolute atomic E-state index is 0.273. The lowest BCUT2D eigenvalue weighted by Crippen LogP contribution is -2.42. The van der Waals surface area contributed by atoms with Gasteiger partial charge in [0.25, 0.3) is 0 Å². The van der Waals surface area contributed by atoms with Crippen LogP contribution in [0.5, 0.6) is 0 Å². The SMILES string of the molecule is COC(=O)CCSC[C@H](NC(C)=O)C(=O)OC. The molecule has 7 heteroatoms. The summed E-state index contributed by atoms with van der Waals surface area (Å²) in [6.07, 6.45) is 0.273. The summed E-state index contributed by atoms with van der Waals surface area (Å²) in [5, 5.41) is 2.48. The Morgan fingerprint density at radius 3 is 2.35 bits per heavy atom. The summed E-state index contributed by atoms with van der Waals surface area (Å²) >= 11 is 1.37. The summed E-state index contributed by atoms with van der Waals surface area (Å²) in [6, 6.07) is -0.680. The lowest BCUT2D eigenvalue weighted by atomic mass is 10.3. The van der Waals surface area contributed by atoms with Gasteiger partial charge in [-0.3, -0.25) is 9.59 Å². The van der Waals surface area contributed by atoms with Crippen molar-refractivity contribution < 1.29 is 23.9 Å². The average molecular weight is 263 g/mol. The Labute approximate surface area is 104 Å². The molecule has 0 unspecified atom stereocenters. The molecular formula is C10H17NO5S. The van der Waals surface area contributed by atoms with Crippen LogP contribution in [0.1, 0.15) is 13.3 Å². The second-order valence-corrected chi connectivity index (χ2v) is 4.33. The minimum atomic E-state index is -0.680. The fourth-order valence-corrected chi connectivity index (χ4v) is 1.95. The molecule has 0 saturated carbocycles. The van der Waals surface area contributed by atoms with E-state index in [2.05, 4.69) is 14.8 Å². The Hall–Kier alpha value is -1.24. The van der Waals surface area contributed by atoms with Gasteiger partial charge < -0.3 is 14.8 Å². The number of ether oxygens (including phenoxy) is 2. The van der Waals surface area contributed by atoms with Gasteiger partial charge in [0.2, 0.25) is 5.91 Å². The summed E-state index contributed by atoms with van der Waals surface area (Å²) in [6.45, 7) is 1.33. The largest absolute Gasteiger partial charge is 0.469 e. The van der Waals surface area contributed by atoms with Gasteiger partial charge in [0.1, 0.15) is 6.04 Å². The van der Waals surface area contributed by atoms with Gasteiger partial charge in [0.05, 0.1) is 20.6 Å². The molecule has 1 N–H and O–H groups in total. The van der Waals surface area contributed by atoms with Crippen molar-refractivity contribution in [1.29, 1.82) is 0 Å². The number of rotatable bonds is 7. The number of carbonyl (C=O) groups excluding carboxylic acids is 3. The number of methoxy groups -OCH3 is 2. The Morgan fingerprint density at radius 2 is 1.88 bits per heavy atom. The molecule has 0 aliphatic heterocycles. The zero-order chi connectivity index (χ0) is 13.3. The Bertz CT molecular complexity index is 282. The third-order valence-electron chi connectivity index (χ3n) is 1.83. The van der Waals surface area contributed by atoms with Gasteiger partial charge in [-0.25, -0.2) is 4.79 Å². The zero-order valence-electron chi connectivity index (χ0n) is 10.1. The van der Waals surface area contributed by atoms with Gasteiger partial charge in [0, 0.05) is 18.4 Å². The highest BCUT2D eigenvalue weighted by Gasteiger charge is 2.19. The van der Waals surface area contributed by atoms with Crippen LogP contribution >= 0.6 is 11.8 Å². The highest BCUT2D eigenvalue weighted by molar-refractivity contribution is 7.99. The molecule has 1 atom stereocenters. The fourth-order valence-electron chi connectivity index (χ4n) is 1.02. The van der Waals surface area contributed by atoms with Crippen LogP contribution in [0, 0.1) is 0 Å². The zero-order valence-corrected chi connectivity index (χ0v) is 11.0. The van der Waals surface area contributed by atoms with Crippen molar-refractivity contribution in [3.8, 4) is 0 Å². The number of hydrogen-bond donors (Lipinski definition) is 1. The quantitative estimate of drug-likeness (QED) is 0.513. The first-order valence-electron chi connectivity index (χ1n) is 5.00. The Balaban J connectivity index is 3.95. The van der Waals surface area contributed by atoms with E-state index in [1.807, 2.05) is 0 Å². The second-order valence-electron chi connectivity index (χ2n) is 3.18. The van der Waals surface area contributed by atoms with Crippen LogP contribution in [0.25, 0.3) is 0 Å². The van der Waals surface area contributed by atoms with Crippen molar-refractivity contribution in [2.24, 2.45) is 0 Å². The molecule has 0 saturated heterocycles. The van der Waals surface area contributed by atoms with Crippen LogP contribution in [-0.4, -0.2) is 49.6 Å². The van der Waals surface area contributed by atoms with Crippen molar-refractivity contribution >= 4 is 29.6 Å². The highest BCUT2D eigenvalue weighted by atomic mass is 32.2. The molecule has 0 spiro atoms. The second kappa shape index (κ2) is 8.86. The summed E-state index contributed by atoms with van der Waals surface area (Å²) in [4.78, 5) is 33.0. The molecule has 0 rings (SSSR count). The lowest BCUT2D eigenvalue weighted by Gasteiger charge is -2.14. The Kier molecular flexibility index (Phi) is 8.21. The third-order valence-corrected chi connectivity index (χ3v) is 2.89. The molecule has 6 nitrogen and oxygen atoms in total. The minimum Gasteiger partial charge on any atom is -0.469 e. The first-order valence-corrected chi connectivity index (χ1v) is 6.16. The molecule has 0 aromatic rings. The molecule has 0 fully saturated rings. The van der Waals surface area contributed by atoms with E-state index in [9.17, 15) is 14.4 Å². The predicted molar refractivity (Wildman–Crippen MR) is 63.6 cm³/mol. The van der Waals surface area contributed by atoms with Gasteiger partial charge in [-0.05, 0) is 0 Å². The van der Waals surface area contributed by atoms with Crippen molar-refractivity contribution in [3.63, 3.8) is 0 Å². The molecule has 1 amide bonds.